The van der Waals surface area contributed by atoms with Gasteiger partial charge in [-0.05, 0) is 64.2 Å². The molecule has 1 aromatic heterocycles. The largest absolute Gasteiger partial charge is 0.447 e. The molecule has 0 radical (unpaired) electrons. The maximum absolute atomic E-state index is 12.7. The Balaban J connectivity index is 1.87. The molecular formula is C21H31N3O4S. The maximum atomic E-state index is 12.7. The third-order valence-corrected chi connectivity index (χ3v) is 7.27. The van der Waals surface area contributed by atoms with Crippen molar-refractivity contribution in [1.29, 1.82) is 0 Å². The minimum Gasteiger partial charge on any atom is -0.447 e. The van der Waals surface area contributed by atoms with Crippen LogP contribution in [0.2, 0.25) is 0 Å². The molecule has 1 aliphatic heterocycles. The fourth-order valence-electron chi connectivity index (χ4n) is 3.67. The zero-order valence-electron chi connectivity index (χ0n) is 17.4. The first-order valence-electron chi connectivity index (χ1n) is 10.3. The normalized spacial score (nSPS) is 22.6. The molecule has 2 atom stereocenters. The van der Waals surface area contributed by atoms with Crippen molar-refractivity contribution >= 4 is 21.7 Å². The van der Waals surface area contributed by atoms with Crippen LogP contribution in [0.4, 0.5) is 4.79 Å². The monoisotopic (exact) mass is 421 g/mol. The van der Waals surface area contributed by atoms with Gasteiger partial charge in [-0.25, -0.2) is 17.9 Å². The van der Waals surface area contributed by atoms with Crippen LogP contribution in [0.1, 0.15) is 57.8 Å². The first kappa shape index (κ1) is 21.8. The van der Waals surface area contributed by atoms with Crippen LogP contribution in [0.25, 0.3) is 5.57 Å². The Hall–Kier alpha value is -1.93. The van der Waals surface area contributed by atoms with Gasteiger partial charge >= 0.3 is 6.09 Å². The average molecular weight is 422 g/mol. The van der Waals surface area contributed by atoms with Crippen LogP contribution in [0.5, 0.6) is 0 Å². The van der Waals surface area contributed by atoms with Gasteiger partial charge in [0.15, 0.2) is 0 Å². The van der Waals surface area contributed by atoms with Gasteiger partial charge in [-0.3, -0.25) is 4.98 Å². The van der Waals surface area contributed by atoms with E-state index in [1.54, 1.807) is 4.90 Å². The summed E-state index contributed by atoms with van der Waals surface area (Å²) in [6.45, 7) is 9.99. The van der Waals surface area contributed by atoms with Gasteiger partial charge in [0, 0.05) is 24.7 Å². The van der Waals surface area contributed by atoms with E-state index in [9.17, 15) is 13.2 Å². The molecule has 2 fully saturated rings. The Morgan fingerprint density at radius 3 is 2.69 bits per heavy atom. The van der Waals surface area contributed by atoms with E-state index in [1.807, 2.05) is 39.0 Å². The highest BCUT2D eigenvalue weighted by molar-refractivity contribution is 7.90. The molecule has 1 aromatic rings. The average Bonchev–Trinajstić information content (AvgIpc) is 3.48. The number of pyridine rings is 1. The van der Waals surface area contributed by atoms with Gasteiger partial charge in [0.05, 0.1) is 23.1 Å². The fraction of sp³-hybridized carbons (Fsp3) is 0.619. The molecule has 1 N–H and O–H groups in total. The summed E-state index contributed by atoms with van der Waals surface area (Å²) >= 11 is 0. The number of likely N-dealkylation sites (tertiary alicyclic amines) is 1. The minimum absolute atomic E-state index is 0.239. The number of nitrogens with zero attached hydrogens (tertiary/aromatic N) is 2. The number of allylic oxidation sites excluding steroid dienone is 1. The van der Waals surface area contributed by atoms with E-state index in [0.717, 1.165) is 23.4 Å². The molecule has 1 saturated heterocycles. The molecular weight excluding hydrogens is 390 g/mol. The highest BCUT2D eigenvalue weighted by Gasteiger charge is 2.42. The predicted octanol–water partition coefficient (Wildman–Crippen LogP) is 3.12. The second-order valence-electron chi connectivity index (χ2n) is 8.30. The number of aromatic nitrogens is 1. The number of amides is 1. The van der Waals surface area contributed by atoms with Gasteiger partial charge in [0.2, 0.25) is 10.0 Å². The zero-order valence-corrected chi connectivity index (χ0v) is 18.2. The zero-order chi connectivity index (χ0) is 21.2. The topological polar surface area (TPSA) is 88.6 Å². The van der Waals surface area contributed by atoms with Gasteiger partial charge in [0.1, 0.15) is 0 Å². The second kappa shape index (κ2) is 8.83. The van der Waals surface area contributed by atoms with E-state index in [4.69, 9.17) is 4.74 Å². The summed E-state index contributed by atoms with van der Waals surface area (Å²) in [6, 6.07) is 5.00. The Labute approximate surface area is 173 Å². The first-order chi connectivity index (χ1) is 13.7. The van der Waals surface area contributed by atoms with Crippen LogP contribution in [0.3, 0.4) is 0 Å². The number of hydrogen-bond acceptors (Lipinski definition) is 5. The fourth-order valence-corrected chi connectivity index (χ4v) is 5.32. The Morgan fingerprint density at radius 1 is 1.34 bits per heavy atom. The molecule has 0 unspecified atom stereocenters. The van der Waals surface area contributed by atoms with Gasteiger partial charge in [0.25, 0.3) is 0 Å². The smallest absolute Gasteiger partial charge is 0.410 e. The number of hydrogen-bond donors (Lipinski definition) is 1. The van der Waals surface area contributed by atoms with Crippen molar-refractivity contribution in [2.24, 2.45) is 0 Å². The molecule has 7 nitrogen and oxygen atoms in total. The summed E-state index contributed by atoms with van der Waals surface area (Å²) in [5, 5.41) is -0.300. The molecule has 0 aromatic carbocycles. The molecule has 29 heavy (non-hydrogen) atoms. The summed E-state index contributed by atoms with van der Waals surface area (Å²) in [5.41, 5.74) is 2.46. The van der Waals surface area contributed by atoms with Crippen LogP contribution in [-0.4, -0.2) is 54.4 Å². The van der Waals surface area contributed by atoms with Crippen molar-refractivity contribution in [3.05, 3.63) is 36.2 Å². The molecule has 1 aliphatic carbocycles. The van der Waals surface area contributed by atoms with E-state index in [1.165, 1.54) is 0 Å². The lowest BCUT2D eigenvalue weighted by atomic mass is 9.93. The molecule has 0 bridgehead atoms. The van der Waals surface area contributed by atoms with Crippen molar-refractivity contribution in [3.63, 3.8) is 0 Å². The number of carbonyl (C=O) groups is 1. The van der Waals surface area contributed by atoms with Crippen molar-refractivity contribution in [1.82, 2.24) is 14.6 Å². The van der Waals surface area contributed by atoms with E-state index in [2.05, 4.69) is 16.3 Å². The summed E-state index contributed by atoms with van der Waals surface area (Å²) in [4.78, 5) is 19.0. The van der Waals surface area contributed by atoms with Crippen molar-refractivity contribution in [3.8, 4) is 0 Å². The van der Waals surface area contributed by atoms with Crippen LogP contribution in [-0.2, 0) is 21.2 Å². The lowest BCUT2D eigenvalue weighted by molar-refractivity contribution is 0.0459. The molecule has 2 heterocycles. The lowest BCUT2D eigenvalue weighted by Gasteiger charge is -2.41. The standard InChI is InChI=1S/C21H31N3O4S/c1-14(2)18-8-5-7-16(22-18)13-20-19(23-29(26,27)17-10-11-17)9-6-12-24(20)21(25)28-15(3)4/h5,7-8,15,17,19-20,23H,1,6,9-13H2,2-4H3/t19-,20-/m1/s1. The van der Waals surface area contributed by atoms with E-state index in [0.29, 0.717) is 32.2 Å². The maximum Gasteiger partial charge on any atom is 0.410 e. The minimum atomic E-state index is -3.37. The van der Waals surface area contributed by atoms with Gasteiger partial charge < -0.3 is 9.64 Å². The molecule has 160 valence electrons. The third-order valence-electron chi connectivity index (χ3n) is 5.29. The van der Waals surface area contributed by atoms with Crippen molar-refractivity contribution in [2.45, 2.75) is 76.3 Å². The molecule has 2 aliphatic rings. The number of ether oxygens (including phenoxy) is 1. The van der Waals surface area contributed by atoms with Gasteiger partial charge in [-0.1, -0.05) is 12.6 Å². The molecule has 1 amide bonds. The van der Waals surface area contributed by atoms with Crippen LogP contribution in [0, 0.1) is 0 Å². The third kappa shape index (κ3) is 5.57. The number of piperidine rings is 1. The van der Waals surface area contributed by atoms with Crippen molar-refractivity contribution in [2.75, 3.05) is 6.54 Å². The number of carbonyl (C=O) groups excluding carboxylic acids is 1. The predicted molar refractivity (Wildman–Crippen MR) is 113 cm³/mol. The first-order valence-corrected chi connectivity index (χ1v) is 11.8. The Bertz CT molecular complexity index is 864. The summed E-state index contributed by atoms with van der Waals surface area (Å²) in [6.07, 6.45) is 2.62. The summed E-state index contributed by atoms with van der Waals surface area (Å²) in [7, 11) is -3.37. The van der Waals surface area contributed by atoms with Crippen molar-refractivity contribution < 1.29 is 17.9 Å². The number of sulfonamides is 1. The van der Waals surface area contributed by atoms with E-state index >= 15 is 0 Å². The summed E-state index contributed by atoms with van der Waals surface area (Å²) in [5.74, 6) is 0. The van der Waals surface area contributed by atoms with E-state index in [-0.39, 0.29) is 23.4 Å². The molecule has 0 spiro atoms. The molecule has 8 heteroatoms. The highest BCUT2D eigenvalue weighted by atomic mass is 32.2. The Morgan fingerprint density at radius 2 is 2.07 bits per heavy atom. The lowest BCUT2D eigenvalue weighted by Crippen LogP contribution is -2.58. The number of rotatable bonds is 7. The SMILES string of the molecule is C=C(C)c1cccc(C[C@@H]2[C@H](NS(=O)(=O)C3CC3)CCCN2C(=O)OC(C)C)n1. The van der Waals surface area contributed by atoms with Crippen LogP contribution >= 0.6 is 0 Å². The Kier molecular flexibility index (Phi) is 6.63. The summed E-state index contributed by atoms with van der Waals surface area (Å²) < 4.78 is 33.5. The van der Waals surface area contributed by atoms with Crippen LogP contribution < -0.4 is 4.72 Å². The number of nitrogens with one attached hydrogen (secondary N) is 1. The quantitative estimate of drug-likeness (QED) is 0.731. The van der Waals surface area contributed by atoms with Gasteiger partial charge in [-0.2, -0.15) is 0 Å². The highest BCUT2D eigenvalue weighted by Crippen LogP contribution is 2.30. The molecule has 3 rings (SSSR count). The molecule has 1 saturated carbocycles. The second-order valence-corrected chi connectivity index (χ2v) is 10.3. The van der Waals surface area contributed by atoms with E-state index < -0.39 is 16.1 Å². The van der Waals surface area contributed by atoms with Crippen LogP contribution in [0.15, 0.2) is 24.8 Å². The van der Waals surface area contributed by atoms with Gasteiger partial charge in [-0.15, -0.1) is 0 Å².